The van der Waals surface area contributed by atoms with Crippen LogP contribution in [0.15, 0.2) is 22.9 Å². The van der Waals surface area contributed by atoms with Crippen LogP contribution in [0.5, 0.6) is 0 Å². The molecule has 118 valence electrons. The number of aromatic nitrogens is 1. The first kappa shape index (κ1) is 17.0. The van der Waals surface area contributed by atoms with Crippen molar-refractivity contribution in [3.63, 3.8) is 0 Å². The summed E-state index contributed by atoms with van der Waals surface area (Å²) in [6.45, 7) is 8.29. The minimum absolute atomic E-state index is 0.0833. The van der Waals surface area contributed by atoms with Gasteiger partial charge in [-0.3, -0.25) is 4.90 Å². The molecule has 0 aromatic carbocycles. The molecule has 21 heavy (non-hydrogen) atoms. The first-order valence-electron chi connectivity index (χ1n) is 6.38. The number of amides is 2. The molecule has 2 rings (SSSR count). The van der Waals surface area contributed by atoms with E-state index in [1.54, 1.807) is 6.07 Å². The minimum Gasteiger partial charge on any atom is -0.876 e. The number of aliphatic hydroxyl groups excluding tert-OH is 2. The smallest absolute Gasteiger partial charge is 0.331 e. The summed E-state index contributed by atoms with van der Waals surface area (Å²) in [4.78, 5) is 13.8. The van der Waals surface area contributed by atoms with Gasteiger partial charge in [-0.05, 0) is 5.92 Å². The van der Waals surface area contributed by atoms with Gasteiger partial charge in [0.1, 0.15) is 0 Å². The Balaban J connectivity index is 0.000000491. The van der Waals surface area contributed by atoms with Crippen LogP contribution in [-0.4, -0.2) is 45.8 Å². The quantitative estimate of drug-likeness (QED) is 0.753. The van der Waals surface area contributed by atoms with E-state index in [-0.39, 0.29) is 17.6 Å². The lowest BCUT2D eigenvalue weighted by Gasteiger charge is -2.14. The molecule has 1 saturated heterocycles. The van der Waals surface area contributed by atoms with Gasteiger partial charge in [-0.1, -0.05) is 25.9 Å². The third kappa shape index (κ3) is 3.73. The summed E-state index contributed by atoms with van der Waals surface area (Å²) in [7, 11) is 1.40. The maximum Gasteiger partial charge on any atom is 0.331 e. The molecular formula is C13H20N3O5-. The molecule has 1 aromatic rings. The number of rotatable bonds is 2. The van der Waals surface area contributed by atoms with Crippen molar-refractivity contribution in [2.45, 2.75) is 39.1 Å². The lowest BCUT2D eigenvalue weighted by Crippen LogP contribution is -2.36. The van der Waals surface area contributed by atoms with Gasteiger partial charge in [0.2, 0.25) is 5.88 Å². The first-order chi connectivity index (χ1) is 9.66. The van der Waals surface area contributed by atoms with Crippen molar-refractivity contribution in [3.8, 4) is 0 Å². The van der Waals surface area contributed by atoms with Gasteiger partial charge in [0.25, 0.3) is 0 Å². The standard InChI is InChI=1S/C10H15N3O4.C3H6O/c1-5(2)6-4-7(17-11-6)13-9(15)8(14)12(3)10(13)16;1-3(2)4/h4-5,8-9,14-15H,1-3H3;4H,1H2,2H3/p-1. The zero-order valence-electron chi connectivity index (χ0n) is 12.5. The van der Waals surface area contributed by atoms with E-state index in [4.69, 9.17) is 4.52 Å². The van der Waals surface area contributed by atoms with Gasteiger partial charge in [0.05, 0.1) is 5.69 Å². The van der Waals surface area contributed by atoms with Crippen LogP contribution in [0.1, 0.15) is 32.4 Å². The number of nitrogens with zero attached hydrogens (tertiary/aromatic N) is 3. The zero-order chi connectivity index (χ0) is 16.3. The first-order valence-corrected chi connectivity index (χ1v) is 6.38. The Morgan fingerprint density at radius 2 is 2.00 bits per heavy atom. The van der Waals surface area contributed by atoms with Crippen LogP contribution >= 0.6 is 0 Å². The van der Waals surface area contributed by atoms with Crippen molar-refractivity contribution in [2.24, 2.45) is 0 Å². The minimum atomic E-state index is -1.35. The second-order valence-electron chi connectivity index (χ2n) is 5.04. The van der Waals surface area contributed by atoms with Gasteiger partial charge in [-0.15, -0.1) is 12.3 Å². The molecule has 0 bridgehead atoms. The summed E-state index contributed by atoms with van der Waals surface area (Å²) in [6.07, 6.45) is -2.62. The number of aliphatic hydroxyl groups is 2. The van der Waals surface area contributed by atoms with Crippen LogP contribution in [0.2, 0.25) is 0 Å². The van der Waals surface area contributed by atoms with Crippen molar-refractivity contribution in [2.75, 3.05) is 11.9 Å². The number of hydrogen-bond donors (Lipinski definition) is 2. The number of likely N-dealkylation sites (N-methyl/N-ethyl adjacent to an activating group) is 1. The fourth-order valence-electron chi connectivity index (χ4n) is 1.62. The van der Waals surface area contributed by atoms with Gasteiger partial charge in [0.15, 0.2) is 12.5 Å². The molecule has 8 nitrogen and oxygen atoms in total. The molecule has 2 atom stereocenters. The van der Waals surface area contributed by atoms with Crippen molar-refractivity contribution in [1.82, 2.24) is 10.1 Å². The Hall–Kier alpha value is -2.06. The molecule has 2 N–H and O–H groups in total. The summed E-state index contributed by atoms with van der Waals surface area (Å²) in [5, 5.41) is 32.4. The van der Waals surface area contributed by atoms with Crippen LogP contribution in [0, 0.1) is 0 Å². The molecule has 1 aromatic heterocycles. The van der Waals surface area contributed by atoms with E-state index in [0.717, 1.165) is 9.80 Å². The van der Waals surface area contributed by atoms with Gasteiger partial charge >= 0.3 is 6.03 Å². The van der Waals surface area contributed by atoms with E-state index in [2.05, 4.69) is 11.7 Å². The summed E-state index contributed by atoms with van der Waals surface area (Å²) in [6, 6.07) is 1.05. The topological polar surface area (TPSA) is 113 Å². The molecule has 1 aliphatic heterocycles. The molecule has 8 heteroatoms. The molecule has 0 saturated carbocycles. The second-order valence-corrected chi connectivity index (χ2v) is 5.04. The Morgan fingerprint density at radius 1 is 1.48 bits per heavy atom. The van der Waals surface area contributed by atoms with Gasteiger partial charge in [-0.2, -0.15) is 0 Å². The highest BCUT2D eigenvalue weighted by Crippen LogP contribution is 2.28. The van der Waals surface area contributed by atoms with Crippen LogP contribution in [-0.2, 0) is 0 Å². The number of carbonyl (C=O) groups is 1. The van der Waals surface area contributed by atoms with Crippen LogP contribution in [0.25, 0.3) is 0 Å². The Labute approximate surface area is 122 Å². The molecule has 0 radical (unpaired) electrons. The van der Waals surface area contributed by atoms with Crippen molar-refractivity contribution in [3.05, 3.63) is 24.1 Å². The number of carbonyl (C=O) groups excluding carboxylic acids is 1. The third-order valence-corrected chi connectivity index (χ3v) is 2.78. The fraction of sp³-hybridized carbons (Fsp3) is 0.538. The fourth-order valence-corrected chi connectivity index (χ4v) is 1.62. The molecule has 2 amide bonds. The number of hydrogen-bond acceptors (Lipinski definition) is 6. The summed E-state index contributed by atoms with van der Waals surface area (Å²) in [5.74, 6) is 0.208. The number of urea groups is 1. The summed E-state index contributed by atoms with van der Waals surface area (Å²) >= 11 is 0. The lowest BCUT2D eigenvalue weighted by atomic mass is 10.1. The predicted molar refractivity (Wildman–Crippen MR) is 73.1 cm³/mol. The highest BCUT2D eigenvalue weighted by Gasteiger charge is 2.44. The summed E-state index contributed by atoms with van der Waals surface area (Å²) in [5.41, 5.74) is 0.684. The number of anilines is 1. The van der Waals surface area contributed by atoms with E-state index in [1.165, 1.54) is 14.0 Å². The van der Waals surface area contributed by atoms with Gasteiger partial charge in [-0.25, -0.2) is 9.69 Å². The van der Waals surface area contributed by atoms with Crippen molar-refractivity contribution < 1.29 is 24.6 Å². The zero-order valence-corrected chi connectivity index (χ0v) is 12.5. The van der Waals surface area contributed by atoms with Crippen molar-refractivity contribution >= 4 is 11.9 Å². The van der Waals surface area contributed by atoms with Crippen LogP contribution < -0.4 is 10.0 Å². The van der Waals surface area contributed by atoms with Gasteiger partial charge < -0.3 is 19.8 Å². The van der Waals surface area contributed by atoms with Crippen LogP contribution in [0.3, 0.4) is 0 Å². The normalized spacial score (nSPS) is 21.6. The van der Waals surface area contributed by atoms with E-state index < -0.39 is 18.5 Å². The summed E-state index contributed by atoms with van der Waals surface area (Å²) < 4.78 is 5.00. The maximum absolute atomic E-state index is 11.7. The molecule has 2 unspecified atom stereocenters. The Morgan fingerprint density at radius 3 is 2.33 bits per heavy atom. The average Bonchev–Trinajstić information content (AvgIpc) is 2.91. The molecule has 1 fully saturated rings. The Kier molecular flexibility index (Phi) is 5.34. The van der Waals surface area contributed by atoms with Crippen LogP contribution in [0.4, 0.5) is 10.7 Å². The highest BCUT2D eigenvalue weighted by atomic mass is 16.5. The van der Waals surface area contributed by atoms with E-state index >= 15 is 0 Å². The molecule has 2 heterocycles. The van der Waals surface area contributed by atoms with E-state index in [1.807, 2.05) is 13.8 Å². The van der Waals surface area contributed by atoms with Crippen molar-refractivity contribution in [1.29, 1.82) is 0 Å². The maximum atomic E-state index is 11.7. The van der Waals surface area contributed by atoms with Gasteiger partial charge in [0, 0.05) is 13.1 Å². The molecule has 0 spiro atoms. The Bertz CT molecular complexity index is 510. The van der Waals surface area contributed by atoms with E-state index in [0.29, 0.717) is 5.69 Å². The SMILES string of the molecule is C=C(C)[O-].CC(C)c1cc(N2C(=O)N(C)C(O)C2O)on1. The molecule has 0 aliphatic carbocycles. The second kappa shape index (κ2) is 6.59. The average molecular weight is 298 g/mol. The number of allylic oxidation sites excluding steroid dienone is 1. The molecular weight excluding hydrogens is 278 g/mol. The highest BCUT2D eigenvalue weighted by molar-refractivity contribution is 5.93. The third-order valence-electron chi connectivity index (χ3n) is 2.78. The van der Waals surface area contributed by atoms with E-state index in [9.17, 15) is 20.1 Å². The monoisotopic (exact) mass is 298 g/mol. The largest absolute Gasteiger partial charge is 0.876 e. The predicted octanol–water partition coefficient (Wildman–Crippen LogP) is 0.187. The lowest BCUT2D eigenvalue weighted by molar-refractivity contribution is -0.300. The molecule has 1 aliphatic rings.